The van der Waals surface area contributed by atoms with Crippen molar-refractivity contribution < 1.29 is 4.74 Å². The highest BCUT2D eigenvalue weighted by Crippen LogP contribution is 2.43. The largest absolute Gasteiger partial charge is 0.493 e. The summed E-state index contributed by atoms with van der Waals surface area (Å²) in [6, 6.07) is 19.2. The lowest BCUT2D eigenvalue weighted by Crippen LogP contribution is -2.07. The Kier molecular flexibility index (Phi) is 5.74. The molecule has 0 aliphatic carbocycles. The molecule has 1 unspecified atom stereocenters. The normalized spacial score (nSPS) is 17.1. The van der Waals surface area contributed by atoms with Gasteiger partial charge >= 0.3 is 0 Å². The Bertz CT molecular complexity index is 562. The zero-order valence-corrected chi connectivity index (χ0v) is 14.5. The maximum absolute atomic E-state index is 5.95. The molecule has 116 valence electrons. The molecule has 0 bridgehead atoms. The molecule has 0 radical (unpaired) electrons. The second-order valence-corrected chi connectivity index (χ2v) is 8.34. The van der Waals surface area contributed by atoms with Crippen molar-refractivity contribution in [3.05, 3.63) is 65.7 Å². The summed E-state index contributed by atoms with van der Waals surface area (Å²) in [6.45, 7) is 2.93. The van der Waals surface area contributed by atoms with Crippen molar-refractivity contribution in [2.24, 2.45) is 0 Å². The molecule has 1 saturated heterocycles. The Morgan fingerprint density at radius 1 is 1.00 bits per heavy atom. The van der Waals surface area contributed by atoms with E-state index < -0.39 is 0 Å². The zero-order chi connectivity index (χ0) is 15.2. The molecule has 2 aromatic rings. The van der Waals surface area contributed by atoms with Gasteiger partial charge in [0.25, 0.3) is 0 Å². The van der Waals surface area contributed by atoms with E-state index in [1.807, 2.05) is 0 Å². The highest BCUT2D eigenvalue weighted by Gasteiger charge is 2.16. The van der Waals surface area contributed by atoms with Crippen LogP contribution in [0.3, 0.4) is 0 Å². The molecule has 0 N–H and O–H groups in total. The molecule has 1 atom stereocenters. The average Bonchev–Trinajstić information content (AvgIpc) is 2.61. The first-order valence-corrected chi connectivity index (χ1v) is 9.93. The molecule has 0 spiro atoms. The molecule has 0 amide bonds. The molecule has 22 heavy (non-hydrogen) atoms. The van der Waals surface area contributed by atoms with Crippen LogP contribution < -0.4 is 4.74 Å². The molecule has 2 aromatic carbocycles. The summed E-state index contributed by atoms with van der Waals surface area (Å²) < 4.78 is 6.55. The minimum absolute atomic E-state index is 0.408. The third-order valence-corrected chi connectivity index (χ3v) is 6.86. The second-order valence-electron chi connectivity index (χ2n) is 5.62. The smallest absolute Gasteiger partial charge is 0.119 e. The summed E-state index contributed by atoms with van der Waals surface area (Å²) in [5, 5.41) is 0. The van der Waals surface area contributed by atoms with E-state index in [1.165, 1.54) is 29.1 Å². The van der Waals surface area contributed by atoms with Crippen LogP contribution in [0, 0.1) is 0 Å². The molecule has 0 saturated carbocycles. The first-order valence-electron chi connectivity index (χ1n) is 7.84. The molecule has 0 aromatic heterocycles. The van der Waals surface area contributed by atoms with Gasteiger partial charge in [-0.1, -0.05) is 49.4 Å². The number of hydrogen-bond acceptors (Lipinski definition) is 3. The molecule has 3 rings (SSSR count). The molecular formula is C19H22OS2. The summed E-state index contributed by atoms with van der Waals surface area (Å²) in [7, 11) is 0. The van der Waals surface area contributed by atoms with Crippen LogP contribution in [0.2, 0.25) is 0 Å². The van der Waals surface area contributed by atoms with Gasteiger partial charge in [0.2, 0.25) is 0 Å². The highest BCUT2D eigenvalue weighted by molar-refractivity contribution is 8.16. The number of ether oxygens (including phenoxy) is 1. The molecule has 1 heterocycles. The number of rotatable bonds is 5. The van der Waals surface area contributed by atoms with E-state index in [2.05, 4.69) is 85.0 Å². The van der Waals surface area contributed by atoms with Crippen LogP contribution in [0.25, 0.3) is 0 Å². The van der Waals surface area contributed by atoms with Gasteiger partial charge in [-0.15, -0.1) is 23.5 Å². The van der Waals surface area contributed by atoms with E-state index in [0.29, 0.717) is 10.5 Å². The SMILES string of the molecule is CC(COc1ccc(C2SCCCS2)cc1)c1ccccc1. The van der Waals surface area contributed by atoms with Crippen LogP contribution in [-0.2, 0) is 0 Å². The average molecular weight is 331 g/mol. The fourth-order valence-electron chi connectivity index (χ4n) is 2.50. The van der Waals surface area contributed by atoms with Crippen LogP contribution in [0.15, 0.2) is 54.6 Å². The van der Waals surface area contributed by atoms with Gasteiger partial charge in [-0.25, -0.2) is 0 Å². The molecule has 1 aliphatic heterocycles. The zero-order valence-electron chi connectivity index (χ0n) is 12.9. The predicted molar refractivity (Wildman–Crippen MR) is 99.1 cm³/mol. The van der Waals surface area contributed by atoms with Gasteiger partial charge < -0.3 is 4.74 Å². The third kappa shape index (κ3) is 4.23. The van der Waals surface area contributed by atoms with Gasteiger partial charge in [0.05, 0.1) is 11.2 Å². The van der Waals surface area contributed by atoms with Gasteiger partial charge in [0.1, 0.15) is 5.75 Å². The Balaban J connectivity index is 1.55. The van der Waals surface area contributed by atoms with E-state index in [0.717, 1.165) is 12.4 Å². The Morgan fingerprint density at radius 3 is 2.36 bits per heavy atom. The van der Waals surface area contributed by atoms with Crippen LogP contribution in [0.4, 0.5) is 0 Å². The summed E-state index contributed by atoms with van der Waals surface area (Å²) in [4.78, 5) is 0. The lowest BCUT2D eigenvalue weighted by molar-refractivity contribution is 0.296. The summed E-state index contributed by atoms with van der Waals surface area (Å²) in [6.07, 6.45) is 1.34. The van der Waals surface area contributed by atoms with E-state index >= 15 is 0 Å². The van der Waals surface area contributed by atoms with E-state index in [-0.39, 0.29) is 0 Å². The predicted octanol–water partition coefficient (Wildman–Crippen LogP) is 5.74. The summed E-state index contributed by atoms with van der Waals surface area (Å²) in [5.74, 6) is 3.94. The van der Waals surface area contributed by atoms with Crippen molar-refractivity contribution in [3.63, 3.8) is 0 Å². The van der Waals surface area contributed by atoms with E-state index in [1.54, 1.807) is 0 Å². The molecule has 1 nitrogen and oxygen atoms in total. The van der Waals surface area contributed by atoms with Crippen molar-refractivity contribution in [1.82, 2.24) is 0 Å². The Hall–Kier alpha value is -1.06. The molecule has 1 aliphatic rings. The minimum atomic E-state index is 0.408. The molecule has 3 heteroatoms. The molecular weight excluding hydrogens is 308 g/mol. The van der Waals surface area contributed by atoms with Crippen LogP contribution >= 0.6 is 23.5 Å². The van der Waals surface area contributed by atoms with Gasteiger partial charge in [0.15, 0.2) is 0 Å². The Labute approximate surface area is 141 Å². The topological polar surface area (TPSA) is 9.23 Å². The van der Waals surface area contributed by atoms with Gasteiger partial charge in [0, 0.05) is 5.92 Å². The van der Waals surface area contributed by atoms with Crippen molar-refractivity contribution in [2.45, 2.75) is 23.8 Å². The van der Waals surface area contributed by atoms with Gasteiger partial charge in [-0.3, -0.25) is 0 Å². The maximum atomic E-state index is 5.95. The van der Waals surface area contributed by atoms with Gasteiger partial charge in [-0.2, -0.15) is 0 Å². The van der Waals surface area contributed by atoms with E-state index in [9.17, 15) is 0 Å². The third-order valence-electron chi connectivity index (χ3n) is 3.85. The summed E-state index contributed by atoms with van der Waals surface area (Å²) >= 11 is 4.12. The maximum Gasteiger partial charge on any atom is 0.119 e. The molecule has 1 fully saturated rings. The van der Waals surface area contributed by atoms with Crippen molar-refractivity contribution in [1.29, 1.82) is 0 Å². The monoisotopic (exact) mass is 330 g/mol. The van der Waals surface area contributed by atoms with Crippen molar-refractivity contribution in [2.75, 3.05) is 18.1 Å². The fraction of sp³-hybridized carbons (Fsp3) is 0.368. The lowest BCUT2D eigenvalue weighted by Gasteiger charge is -2.21. The summed E-state index contributed by atoms with van der Waals surface area (Å²) in [5.41, 5.74) is 2.74. The Morgan fingerprint density at radius 2 is 1.68 bits per heavy atom. The lowest BCUT2D eigenvalue weighted by atomic mass is 10.0. The van der Waals surface area contributed by atoms with Crippen LogP contribution in [0.1, 0.15) is 35.0 Å². The number of thioether (sulfide) groups is 2. The number of benzene rings is 2. The fourth-order valence-corrected chi connectivity index (χ4v) is 5.39. The van der Waals surface area contributed by atoms with Crippen molar-refractivity contribution >= 4 is 23.5 Å². The first-order chi connectivity index (χ1) is 10.8. The van der Waals surface area contributed by atoms with Crippen LogP contribution in [-0.4, -0.2) is 18.1 Å². The highest BCUT2D eigenvalue weighted by atomic mass is 32.2. The van der Waals surface area contributed by atoms with Gasteiger partial charge in [-0.05, 0) is 41.2 Å². The first kappa shape index (κ1) is 15.8. The van der Waals surface area contributed by atoms with Crippen molar-refractivity contribution in [3.8, 4) is 5.75 Å². The number of hydrogen-bond donors (Lipinski definition) is 0. The standard InChI is InChI=1S/C19H22OS2/c1-15(16-6-3-2-4-7-16)14-20-18-10-8-17(9-11-18)19-21-12-5-13-22-19/h2-4,6-11,15,19H,5,12-14H2,1H3. The second kappa shape index (κ2) is 7.98. The van der Waals surface area contributed by atoms with E-state index in [4.69, 9.17) is 4.74 Å². The van der Waals surface area contributed by atoms with Crippen LogP contribution in [0.5, 0.6) is 5.75 Å². The minimum Gasteiger partial charge on any atom is -0.493 e. The quantitative estimate of drug-likeness (QED) is 0.692.